The van der Waals surface area contributed by atoms with Gasteiger partial charge in [0, 0.05) is 28.7 Å². The number of hydrogen-bond donors (Lipinski definition) is 2. The van der Waals surface area contributed by atoms with Crippen LogP contribution in [0.2, 0.25) is 10.0 Å². The van der Waals surface area contributed by atoms with Gasteiger partial charge in [-0.2, -0.15) is 0 Å². The van der Waals surface area contributed by atoms with Crippen LogP contribution in [0.1, 0.15) is 29.8 Å². The smallest absolute Gasteiger partial charge is 0.287 e. The minimum Gasteiger partial charge on any atom is -0.451 e. The van der Waals surface area contributed by atoms with E-state index in [-0.39, 0.29) is 11.9 Å². The van der Waals surface area contributed by atoms with Crippen LogP contribution in [0.4, 0.5) is 0 Å². The fourth-order valence-corrected chi connectivity index (χ4v) is 3.90. The van der Waals surface area contributed by atoms with Gasteiger partial charge in [-0.1, -0.05) is 23.2 Å². The second-order valence-electron chi connectivity index (χ2n) is 6.15. The molecule has 0 radical (unpaired) electrons. The lowest BCUT2D eigenvalue weighted by Crippen LogP contribution is -2.42. The first-order chi connectivity index (χ1) is 11.1. The third-order valence-electron chi connectivity index (χ3n) is 4.64. The Morgan fingerprint density at radius 2 is 2.09 bits per heavy atom. The summed E-state index contributed by atoms with van der Waals surface area (Å²) in [7, 11) is 0. The van der Waals surface area contributed by atoms with E-state index in [0.717, 1.165) is 12.8 Å². The van der Waals surface area contributed by atoms with Crippen molar-refractivity contribution in [2.24, 2.45) is 0 Å². The van der Waals surface area contributed by atoms with E-state index in [9.17, 15) is 4.79 Å². The first-order valence-electron chi connectivity index (χ1n) is 7.72. The van der Waals surface area contributed by atoms with Gasteiger partial charge in [0.05, 0.1) is 5.02 Å². The number of carbonyl (C=O) groups excluding carboxylic acids is 1. The van der Waals surface area contributed by atoms with Crippen molar-refractivity contribution in [3.8, 4) is 11.3 Å². The largest absolute Gasteiger partial charge is 0.451 e. The van der Waals surface area contributed by atoms with E-state index in [1.54, 1.807) is 30.3 Å². The van der Waals surface area contributed by atoms with Gasteiger partial charge < -0.3 is 15.1 Å². The Labute approximate surface area is 144 Å². The Hall–Kier alpha value is -1.49. The van der Waals surface area contributed by atoms with Crippen molar-refractivity contribution < 1.29 is 9.21 Å². The molecule has 120 valence electrons. The van der Waals surface area contributed by atoms with Crippen LogP contribution in [0.15, 0.2) is 34.7 Å². The second kappa shape index (κ2) is 5.86. The minimum absolute atomic E-state index is 0.185. The van der Waals surface area contributed by atoms with E-state index < -0.39 is 0 Å². The zero-order chi connectivity index (χ0) is 16.0. The number of rotatable bonds is 3. The van der Waals surface area contributed by atoms with Gasteiger partial charge in [0.25, 0.3) is 5.91 Å². The summed E-state index contributed by atoms with van der Waals surface area (Å²) < 4.78 is 5.68. The van der Waals surface area contributed by atoms with Crippen molar-refractivity contribution in [1.29, 1.82) is 0 Å². The summed E-state index contributed by atoms with van der Waals surface area (Å²) in [6.45, 7) is 0. The van der Waals surface area contributed by atoms with Crippen molar-refractivity contribution in [2.75, 3.05) is 0 Å². The predicted octanol–water partition coefficient (Wildman–Crippen LogP) is 3.88. The first-order valence-corrected chi connectivity index (χ1v) is 8.48. The summed E-state index contributed by atoms with van der Waals surface area (Å²) in [4.78, 5) is 12.4. The van der Waals surface area contributed by atoms with Gasteiger partial charge in [0.1, 0.15) is 5.76 Å². The average molecular weight is 351 g/mol. The molecule has 2 bridgehead atoms. The highest BCUT2D eigenvalue weighted by molar-refractivity contribution is 6.35. The molecule has 3 heterocycles. The molecule has 2 N–H and O–H groups in total. The highest BCUT2D eigenvalue weighted by Gasteiger charge is 2.39. The second-order valence-corrected chi connectivity index (χ2v) is 6.99. The molecular weight excluding hydrogens is 335 g/mol. The molecule has 2 aromatic rings. The molecule has 4 rings (SSSR count). The number of amides is 1. The van der Waals surface area contributed by atoms with Crippen LogP contribution in [-0.4, -0.2) is 24.0 Å². The topological polar surface area (TPSA) is 54.3 Å². The zero-order valence-electron chi connectivity index (χ0n) is 12.3. The zero-order valence-corrected chi connectivity index (χ0v) is 13.8. The van der Waals surface area contributed by atoms with E-state index >= 15 is 0 Å². The van der Waals surface area contributed by atoms with Crippen LogP contribution in [0.3, 0.4) is 0 Å². The molecule has 0 aliphatic carbocycles. The van der Waals surface area contributed by atoms with Gasteiger partial charge >= 0.3 is 0 Å². The maximum atomic E-state index is 12.4. The molecule has 0 spiro atoms. The molecule has 1 aromatic heterocycles. The standard InChI is InChI=1S/C17H16Cl2N2O2/c18-9-1-3-12(19)11(7-9)15-5-6-16(23-15)17(22)21-14-8-10-2-4-13(14)20-10/h1,3,5-7,10,13-14,20H,2,4,8H2,(H,21,22). The fraction of sp³-hybridized carbons (Fsp3) is 0.353. The van der Waals surface area contributed by atoms with Crippen molar-refractivity contribution in [1.82, 2.24) is 10.6 Å². The average Bonchev–Trinajstić information content (AvgIpc) is 3.25. The van der Waals surface area contributed by atoms with E-state index in [4.69, 9.17) is 27.6 Å². The maximum absolute atomic E-state index is 12.4. The summed E-state index contributed by atoms with van der Waals surface area (Å²) in [5.74, 6) is 0.640. The molecule has 1 aromatic carbocycles. The molecular formula is C17H16Cl2N2O2. The summed E-state index contributed by atoms with van der Waals surface area (Å²) in [5, 5.41) is 7.67. The Morgan fingerprint density at radius 1 is 1.22 bits per heavy atom. The highest BCUT2D eigenvalue weighted by Crippen LogP contribution is 2.32. The van der Waals surface area contributed by atoms with Gasteiger partial charge in [-0.25, -0.2) is 0 Å². The molecule has 23 heavy (non-hydrogen) atoms. The number of nitrogens with one attached hydrogen (secondary N) is 2. The van der Waals surface area contributed by atoms with Gasteiger partial charge in [0.15, 0.2) is 5.76 Å². The number of benzene rings is 1. The van der Waals surface area contributed by atoms with Gasteiger partial charge in [-0.15, -0.1) is 0 Å². The molecule has 2 fully saturated rings. The Bertz CT molecular complexity index is 759. The van der Waals surface area contributed by atoms with Gasteiger partial charge in [-0.3, -0.25) is 4.79 Å². The molecule has 4 nitrogen and oxygen atoms in total. The Balaban J connectivity index is 1.51. The molecule has 2 aliphatic rings. The summed E-state index contributed by atoms with van der Waals surface area (Å²) in [6.07, 6.45) is 3.32. The number of fused-ring (bicyclic) bond motifs is 2. The van der Waals surface area contributed by atoms with E-state index in [1.165, 1.54) is 6.42 Å². The number of halogens is 2. The van der Waals surface area contributed by atoms with Gasteiger partial charge in [-0.05, 0) is 49.6 Å². The van der Waals surface area contributed by atoms with Crippen LogP contribution in [-0.2, 0) is 0 Å². The number of furan rings is 1. The minimum atomic E-state index is -0.186. The van der Waals surface area contributed by atoms with Crippen molar-refractivity contribution in [2.45, 2.75) is 37.4 Å². The highest BCUT2D eigenvalue weighted by atomic mass is 35.5. The normalized spacial score (nSPS) is 25.7. The van der Waals surface area contributed by atoms with Crippen molar-refractivity contribution in [3.05, 3.63) is 46.1 Å². The summed E-state index contributed by atoms with van der Waals surface area (Å²) in [5.41, 5.74) is 0.680. The summed E-state index contributed by atoms with van der Waals surface area (Å²) >= 11 is 12.2. The van der Waals surface area contributed by atoms with Crippen LogP contribution in [0.25, 0.3) is 11.3 Å². The SMILES string of the molecule is O=C(NC1CC2CCC1N2)c1ccc(-c2cc(Cl)ccc2Cl)o1. The molecule has 2 aliphatic heterocycles. The van der Waals surface area contributed by atoms with Crippen LogP contribution >= 0.6 is 23.2 Å². The lowest BCUT2D eigenvalue weighted by atomic mass is 9.95. The summed E-state index contributed by atoms with van der Waals surface area (Å²) in [6, 6.07) is 9.68. The maximum Gasteiger partial charge on any atom is 0.287 e. The lowest BCUT2D eigenvalue weighted by molar-refractivity contribution is 0.0903. The first kappa shape index (κ1) is 15.1. The van der Waals surface area contributed by atoms with E-state index in [1.807, 2.05) is 0 Å². The fourth-order valence-electron chi connectivity index (χ4n) is 3.51. The predicted molar refractivity (Wildman–Crippen MR) is 90.0 cm³/mol. The van der Waals surface area contributed by atoms with Crippen LogP contribution in [0.5, 0.6) is 0 Å². The molecule has 2 saturated heterocycles. The third kappa shape index (κ3) is 2.87. The number of hydrogen-bond acceptors (Lipinski definition) is 3. The van der Waals surface area contributed by atoms with E-state index in [0.29, 0.717) is 39.2 Å². The molecule has 1 amide bonds. The Kier molecular flexibility index (Phi) is 3.84. The Morgan fingerprint density at radius 3 is 2.83 bits per heavy atom. The molecule has 6 heteroatoms. The third-order valence-corrected chi connectivity index (χ3v) is 5.20. The van der Waals surface area contributed by atoms with Crippen molar-refractivity contribution >= 4 is 29.1 Å². The lowest BCUT2D eigenvalue weighted by Gasteiger charge is -2.20. The van der Waals surface area contributed by atoms with E-state index in [2.05, 4.69) is 10.6 Å². The van der Waals surface area contributed by atoms with Crippen LogP contribution < -0.4 is 10.6 Å². The number of carbonyl (C=O) groups is 1. The molecule has 3 unspecified atom stereocenters. The van der Waals surface area contributed by atoms with Crippen LogP contribution in [0, 0.1) is 0 Å². The molecule has 3 atom stereocenters. The quantitative estimate of drug-likeness (QED) is 0.883. The monoisotopic (exact) mass is 350 g/mol. The van der Waals surface area contributed by atoms with Gasteiger partial charge in [0.2, 0.25) is 0 Å². The van der Waals surface area contributed by atoms with Crippen molar-refractivity contribution in [3.63, 3.8) is 0 Å². The molecule has 0 saturated carbocycles.